The van der Waals surface area contributed by atoms with Gasteiger partial charge in [-0.05, 0) is 18.9 Å². The van der Waals surface area contributed by atoms with Gasteiger partial charge in [0.2, 0.25) is 5.91 Å². The van der Waals surface area contributed by atoms with Crippen molar-refractivity contribution in [1.29, 1.82) is 0 Å². The standard InChI is InChI=1S/C18H22FN3O3S/c1-24-14-8-11(19)9-15-16(14)20-18(26-15)21-17(23)13-10-25-7-6-22(13)12-4-2-3-5-12/h8-9,12-13H,2-7,10H2,1H3,(H,20,21,23). The predicted octanol–water partition coefficient (Wildman–Crippen LogP) is 3.03. The average Bonchev–Trinajstić information content (AvgIpc) is 3.30. The lowest BCUT2D eigenvalue weighted by molar-refractivity contribution is -0.129. The Balaban J connectivity index is 1.54. The number of ether oxygens (including phenoxy) is 2. The van der Waals surface area contributed by atoms with Crippen molar-refractivity contribution >= 4 is 32.6 Å². The van der Waals surface area contributed by atoms with Crippen molar-refractivity contribution in [3.63, 3.8) is 0 Å². The summed E-state index contributed by atoms with van der Waals surface area (Å²) >= 11 is 1.24. The van der Waals surface area contributed by atoms with Crippen LogP contribution in [0.1, 0.15) is 25.7 Å². The summed E-state index contributed by atoms with van der Waals surface area (Å²) in [5.74, 6) is -0.135. The highest BCUT2D eigenvalue weighted by atomic mass is 32.1. The molecule has 4 rings (SSSR count). The molecule has 2 fully saturated rings. The molecule has 6 nitrogen and oxygen atoms in total. The Labute approximate surface area is 155 Å². The molecule has 1 N–H and O–H groups in total. The van der Waals surface area contributed by atoms with Gasteiger partial charge < -0.3 is 14.8 Å². The number of methoxy groups -OCH3 is 1. The summed E-state index contributed by atoms with van der Waals surface area (Å²) in [6.07, 6.45) is 4.72. The third-order valence-electron chi connectivity index (χ3n) is 5.14. The van der Waals surface area contributed by atoms with Gasteiger partial charge in [-0.15, -0.1) is 0 Å². The van der Waals surface area contributed by atoms with Crippen molar-refractivity contribution in [1.82, 2.24) is 9.88 Å². The summed E-state index contributed by atoms with van der Waals surface area (Å²) in [7, 11) is 1.48. The van der Waals surface area contributed by atoms with Crippen LogP contribution in [0, 0.1) is 5.82 Å². The molecular weight excluding hydrogens is 357 g/mol. The number of nitrogens with one attached hydrogen (secondary N) is 1. The van der Waals surface area contributed by atoms with Crippen molar-refractivity contribution in [3.8, 4) is 5.75 Å². The van der Waals surface area contributed by atoms with Gasteiger partial charge in [-0.1, -0.05) is 24.2 Å². The van der Waals surface area contributed by atoms with Crippen molar-refractivity contribution in [2.75, 3.05) is 32.2 Å². The lowest BCUT2D eigenvalue weighted by Gasteiger charge is -2.38. The van der Waals surface area contributed by atoms with Crippen LogP contribution in [0.15, 0.2) is 12.1 Å². The van der Waals surface area contributed by atoms with E-state index in [0.717, 1.165) is 19.4 Å². The summed E-state index contributed by atoms with van der Waals surface area (Å²) in [4.78, 5) is 19.6. The molecule has 140 valence electrons. The van der Waals surface area contributed by atoms with Crippen LogP contribution in [0.2, 0.25) is 0 Å². The van der Waals surface area contributed by atoms with E-state index in [1.165, 1.54) is 43.4 Å². The van der Waals surface area contributed by atoms with Crippen LogP contribution in [-0.4, -0.2) is 54.7 Å². The van der Waals surface area contributed by atoms with Crippen LogP contribution in [0.5, 0.6) is 5.75 Å². The highest BCUT2D eigenvalue weighted by Crippen LogP contribution is 2.34. The van der Waals surface area contributed by atoms with E-state index in [9.17, 15) is 9.18 Å². The zero-order valence-corrected chi connectivity index (χ0v) is 15.5. The van der Waals surface area contributed by atoms with Crippen LogP contribution in [0.25, 0.3) is 10.2 Å². The predicted molar refractivity (Wildman–Crippen MR) is 98.3 cm³/mol. The zero-order chi connectivity index (χ0) is 18.1. The number of hydrogen-bond donors (Lipinski definition) is 1. The van der Waals surface area contributed by atoms with Gasteiger partial charge in [-0.2, -0.15) is 0 Å². The highest BCUT2D eigenvalue weighted by molar-refractivity contribution is 7.22. The van der Waals surface area contributed by atoms with E-state index >= 15 is 0 Å². The number of rotatable bonds is 4. The van der Waals surface area contributed by atoms with E-state index in [-0.39, 0.29) is 17.8 Å². The Hall–Kier alpha value is -1.77. The van der Waals surface area contributed by atoms with Crippen LogP contribution < -0.4 is 10.1 Å². The number of halogens is 1. The number of morpholine rings is 1. The van der Waals surface area contributed by atoms with Gasteiger partial charge in [0.1, 0.15) is 23.1 Å². The third-order valence-corrected chi connectivity index (χ3v) is 6.06. The summed E-state index contributed by atoms with van der Waals surface area (Å²) in [5, 5.41) is 3.34. The number of benzene rings is 1. The first kappa shape index (κ1) is 17.6. The van der Waals surface area contributed by atoms with Crippen LogP contribution >= 0.6 is 11.3 Å². The zero-order valence-electron chi connectivity index (χ0n) is 14.7. The van der Waals surface area contributed by atoms with Crippen molar-refractivity contribution < 1.29 is 18.7 Å². The van der Waals surface area contributed by atoms with Gasteiger partial charge in [0.15, 0.2) is 5.13 Å². The molecule has 1 atom stereocenters. The van der Waals surface area contributed by atoms with Crippen LogP contribution in [0.3, 0.4) is 0 Å². The summed E-state index contributed by atoms with van der Waals surface area (Å²) < 4.78 is 25.0. The molecule has 1 unspecified atom stereocenters. The molecule has 2 aliphatic rings. The van der Waals surface area contributed by atoms with Crippen LogP contribution in [0.4, 0.5) is 9.52 Å². The Kier molecular flexibility index (Phi) is 5.06. The molecule has 2 heterocycles. The van der Waals surface area contributed by atoms with Gasteiger partial charge >= 0.3 is 0 Å². The van der Waals surface area contributed by atoms with Gasteiger partial charge in [0, 0.05) is 18.7 Å². The third kappa shape index (κ3) is 3.41. The van der Waals surface area contributed by atoms with Gasteiger partial charge in [0.05, 0.1) is 25.0 Å². The molecule has 1 aliphatic heterocycles. The fraction of sp³-hybridized carbons (Fsp3) is 0.556. The maximum Gasteiger partial charge on any atom is 0.245 e. The number of fused-ring (bicyclic) bond motifs is 1. The van der Waals surface area contributed by atoms with Crippen molar-refractivity contribution in [3.05, 3.63) is 17.9 Å². The van der Waals surface area contributed by atoms with Gasteiger partial charge in [-0.25, -0.2) is 9.37 Å². The highest BCUT2D eigenvalue weighted by Gasteiger charge is 2.35. The molecule has 2 aromatic rings. The fourth-order valence-corrected chi connectivity index (χ4v) is 4.79. The molecule has 1 aliphatic carbocycles. The average molecular weight is 379 g/mol. The first-order valence-electron chi connectivity index (χ1n) is 8.94. The van der Waals surface area contributed by atoms with Crippen molar-refractivity contribution in [2.45, 2.75) is 37.8 Å². The lowest BCUT2D eigenvalue weighted by Crippen LogP contribution is -2.55. The second-order valence-corrected chi connectivity index (χ2v) is 7.76. The molecule has 0 bridgehead atoms. The van der Waals surface area contributed by atoms with Crippen molar-refractivity contribution in [2.24, 2.45) is 0 Å². The van der Waals surface area contributed by atoms with E-state index in [1.807, 2.05) is 0 Å². The quantitative estimate of drug-likeness (QED) is 0.885. The molecular formula is C18H22FN3O3S. The van der Waals surface area contributed by atoms with E-state index in [1.54, 1.807) is 0 Å². The van der Waals surface area contributed by atoms with Gasteiger partial charge in [-0.3, -0.25) is 9.69 Å². The monoisotopic (exact) mass is 379 g/mol. The largest absolute Gasteiger partial charge is 0.494 e. The van der Waals surface area contributed by atoms with E-state index in [4.69, 9.17) is 9.47 Å². The molecule has 1 saturated heterocycles. The van der Waals surface area contributed by atoms with Crippen LogP contribution in [-0.2, 0) is 9.53 Å². The summed E-state index contributed by atoms with van der Waals surface area (Å²) in [6, 6.07) is 2.85. The first-order valence-corrected chi connectivity index (χ1v) is 9.76. The molecule has 1 saturated carbocycles. The number of aromatic nitrogens is 1. The Morgan fingerprint density at radius 3 is 3.00 bits per heavy atom. The smallest absolute Gasteiger partial charge is 0.245 e. The minimum atomic E-state index is -0.385. The molecule has 1 amide bonds. The minimum absolute atomic E-state index is 0.116. The Morgan fingerprint density at radius 1 is 1.42 bits per heavy atom. The van der Waals surface area contributed by atoms with E-state index in [2.05, 4.69) is 15.2 Å². The molecule has 0 radical (unpaired) electrons. The molecule has 0 spiro atoms. The van der Waals surface area contributed by atoms with Gasteiger partial charge in [0.25, 0.3) is 0 Å². The SMILES string of the molecule is COc1cc(F)cc2sc(NC(=O)C3COCCN3C3CCCC3)nc12. The Bertz CT molecular complexity index is 806. The molecule has 1 aromatic carbocycles. The van der Waals surface area contributed by atoms with E-state index < -0.39 is 0 Å². The molecule has 26 heavy (non-hydrogen) atoms. The second kappa shape index (κ2) is 7.46. The number of nitrogens with zero attached hydrogens (tertiary/aromatic N) is 2. The number of anilines is 1. The molecule has 1 aromatic heterocycles. The second-order valence-electron chi connectivity index (χ2n) is 6.73. The number of carbonyl (C=O) groups excluding carboxylic acids is 1. The summed E-state index contributed by atoms with van der Waals surface area (Å²) in [5.41, 5.74) is 0.557. The lowest BCUT2D eigenvalue weighted by atomic mass is 10.1. The molecule has 8 heteroatoms. The number of hydrogen-bond acceptors (Lipinski definition) is 6. The summed E-state index contributed by atoms with van der Waals surface area (Å²) in [6.45, 7) is 1.84. The topological polar surface area (TPSA) is 63.7 Å². The maximum absolute atomic E-state index is 13.7. The Morgan fingerprint density at radius 2 is 2.23 bits per heavy atom. The normalized spacial score (nSPS) is 22.0. The number of amides is 1. The number of carbonyl (C=O) groups is 1. The minimum Gasteiger partial charge on any atom is -0.494 e. The van der Waals surface area contributed by atoms with E-state index in [0.29, 0.717) is 40.4 Å². The number of thiazole rings is 1. The first-order chi connectivity index (χ1) is 12.7. The maximum atomic E-state index is 13.7. The fourth-order valence-electron chi connectivity index (χ4n) is 3.88.